The zero-order chi connectivity index (χ0) is 21.7. The van der Waals surface area contributed by atoms with E-state index in [0.29, 0.717) is 36.5 Å². The quantitative estimate of drug-likeness (QED) is 0.384. The molecule has 0 aliphatic heterocycles. The SMILES string of the molecule is CCC(=Nc1ccc(C#N)cn1)NC(=O)COC1(c2c(F)cnc(Br)c2F)CCC1. The maximum Gasteiger partial charge on any atom is 0.251 e. The predicted molar refractivity (Wildman–Crippen MR) is 108 cm³/mol. The third-order valence-corrected chi connectivity index (χ3v) is 5.33. The summed E-state index contributed by atoms with van der Waals surface area (Å²) >= 11 is 2.96. The van der Waals surface area contributed by atoms with Crippen molar-refractivity contribution < 1.29 is 18.3 Å². The van der Waals surface area contributed by atoms with Gasteiger partial charge in [-0.25, -0.2) is 23.7 Å². The molecule has 0 aromatic carbocycles. The van der Waals surface area contributed by atoms with Crippen molar-refractivity contribution in [1.29, 1.82) is 5.26 Å². The first-order chi connectivity index (χ1) is 14.4. The molecule has 0 unspecified atom stereocenters. The van der Waals surface area contributed by atoms with Crippen LogP contribution in [-0.2, 0) is 15.1 Å². The van der Waals surface area contributed by atoms with Crippen molar-refractivity contribution in [1.82, 2.24) is 15.3 Å². The number of rotatable bonds is 6. The second-order valence-electron chi connectivity index (χ2n) is 6.70. The van der Waals surface area contributed by atoms with Gasteiger partial charge >= 0.3 is 0 Å². The Kier molecular flexibility index (Phi) is 6.84. The first kappa shape index (κ1) is 21.9. The molecule has 156 valence electrons. The van der Waals surface area contributed by atoms with E-state index in [1.165, 1.54) is 6.20 Å². The van der Waals surface area contributed by atoms with Crippen molar-refractivity contribution in [3.63, 3.8) is 0 Å². The van der Waals surface area contributed by atoms with Gasteiger partial charge in [-0.1, -0.05) is 6.92 Å². The highest BCUT2D eigenvalue weighted by molar-refractivity contribution is 9.10. The second kappa shape index (κ2) is 9.36. The number of amidine groups is 1. The van der Waals surface area contributed by atoms with Gasteiger partial charge in [0.2, 0.25) is 0 Å². The van der Waals surface area contributed by atoms with Crippen LogP contribution in [-0.4, -0.2) is 28.3 Å². The Labute approximate surface area is 180 Å². The van der Waals surface area contributed by atoms with E-state index in [4.69, 9.17) is 10.00 Å². The number of pyridine rings is 2. The first-order valence-electron chi connectivity index (χ1n) is 9.26. The number of aromatic nitrogens is 2. The number of hydrogen-bond acceptors (Lipinski definition) is 6. The van der Waals surface area contributed by atoms with Crippen molar-refractivity contribution in [2.24, 2.45) is 4.99 Å². The summed E-state index contributed by atoms with van der Waals surface area (Å²) in [4.78, 5) is 24.2. The van der Waals surface area contributed by atoms with Crippen molar-refractivity contribution in [3.8, 4) is 6.07 Å². The van der Waals surface area contributed by atoms with E-state index in [1.807, 2.05) is 6.07 Å². The number of aliphatic imine (C=N–C) groups is 1. The number of ether oxygens (including phenoxy) is 1. The Balaban J connectivity index is 1.69. The molecule has 0 radical (unpaired) electrons. The highest BCUT2D eigenvalue weighted by atomic mass is 79.9. The van der Waals surface area contributed by atoms with Gasteiger partial charge in [0, 0.05) is 12.6 Å². The molecule has 7 nitrogen and oxygen atoms in total. The highest BCUT2D eigenvalue weighted by Crippen LogP contribution is 2.47. The Morgan fingerprint density at radius 2 is 2.13 bits per heavy atom. The number of nitriles is 1. The molecule has 10 heteroatoms. The molecule has 0 bridgehead atoms. The van der Waals surface area contributed by atoms with Gasteiger partial charge in [-0.05, 0) is 47.3 Å². The van der Waals surface area contributed by atoms with E-state index in [0.717, 1.165) is 12.6 Å². The molecule has 2 aromatic rings. The molecule has 1 fully saturated rings. The van der Waals surface area contributed by atoms with Crippen LogP contribution in [0, 0.1) is 23.0 Å². The van der Waals surface area contributed by atoms with Gasteiger partial charge in [0.1, 0.15) is 23.1 Å². The lowest BCUT2D eigenvalue weighted by Gasteiger charge is -2.42. The third kappa shape index (κ3) is 4.68. The van der Waals surface area contributed by atoms with Crippen molar-refractivity contribution in [2.75, 3.05) is 6.61 Å². The molecule has 0 spiro atoms. The monoisotopic (exact) mass is 477 g/mol. The van der Waals surface area contributed by atoms with E-state index < -0.39 is 29.7 Å². The second-order valence-corrected chi connectivity index (χ2v) is 7.45. The minimum Gasteiger partial charge on any atom is -0.360 e. The van der Waals surface area contributed by atoms with Crippen LogP contribution in [0.5, 0.6) is 0 Å². The largest absolute Gasteiger partial charge is 0.360 e. The Morgan fingerprint density at radius 1 is 1.37 bits per heavy atom. The van der Waals surface area contributed by atoms with Crippen LogP contribution >= 0.6 is 15.9 Å². The van der Waals surface area contributed by atoms with Gasteiger partial charge in [-0.2, -0.15) is 5.26 Å². The molecule has 30 heavy (non-hydrogen) atoms. The summed E-state index contributed by atoms with van der Waals surface area (Å²) < 4.78 is 34.4. The molecule has 3 rings (SSSR count). The molecule has 1 amide bonds. The zero-order valence-electron chi connectivity index (χ0n) is 16.1. The summed E-state index contributed by atoms with van der Waals surface area (Å²) in [5.41, 5.74) is -1.01. The predicted octanol–water partition coefficient (Wildman–Crippen LogP) is 4.04. The molecule has 2 heterocycles. The standard InChI is InChI=1S/C20H18BrF2N5O2/c1-2-14(27-15-5-4-12(8-24)9-25-15)28-16(29)11-30-20(6-3-7-20)17-13(22)10-26-19(21)18(17)23/h4-5,9-10H,2-3,6-7,11H2,1H3,(H,25,27,28,29). The average Bonchev–Trinajstić information content (AvgIpc) is 2.72. The number of hydrogen-bond donors (Lipinski definition) is 1. The Bertz CT molecular complexity index is 1020. The minimum atomic E-state index is -1.20. The molecule has 0 saturated heterocycles. The molecule has 1 N–H and O–H groups in total. The topological polar surface area (TPSA) is 100 Å². The fourth-order valence-electron chi connectivity index (χ4n) is 3.08. The van der Waals surface area contributed by atoms with E-state index in [2.05, 4.69) is 36.2 Å². The summed E-state index contributed by atoms with van der Waals surface area (Å²) in [7, 11) is 0. The maximum absolute atomic E-state index is 14.5. The van der Waals surface area contributed by atoms with E-state index in [-0.39, 0.29) is 10.2 Å². The highest BCUT2D eigenvalue weighted by Gasteiger charge is 2.45. The van der Waals surface area contributed by atoms with Crippen LogP contribution in [0.3, 0.4) is 0 Å². The van der Waals surface area contributed by atoms with Crippen molar-refractivity contribution in [3.05, 3.63) is 51.9 Å². The van der Waals surface area contributed by atoms with Crippen LogP contribution < -0.4 is 5.32 Å². The molecular formula is C20H18BrF2N5O2. The zero-order valence-corrected chi connectivity index (χ0v) is 17.7. The van der Waals surface area contributed by atoms with Crippen LogP contribution in [0.25, 0.3) is 0 Å². The molecule has 1 aliphatic rings. The lowest BCUT2D eigenvalue weighted by Crippen LogP contribution is -2.43. The Hall–Kier alpha value is -2.77. The van der Waals surface area contributed by atoms with Crippen LogP contribution in [0.2, 0.25) is 0 Å². The lowest BCUT2D eigenvalue weighted by atomic mass is 9.74. The summed E-state index contributed by atoms with van der Waals surface area (Å²) in [5.74, 6) is -1.43. The van der Waals surface area contributed by atoms with Gasteiger partial charge in [-0.3, -0.25) is 4.79 Å². The Morgan fingerprint density at radius 3 is 2.70 bits per heavy atom. The van der Waals surface area contributed by atoms with Gasteiger partial charge in [0.05, 0.1) is 22.9 Å². The van der Waals surface area contributed by atoms with E-state index >= 15 is 0 Å². The van der Waals surface area contributed by atoms with Gasteiger partial charge < -0.3 is 10.1 Å². The van der Waals surface area contributed by atoms with E-state index in [1.54, 1.807) is 19.1 Å². The summed E-state index contributed by atoms with van der Waals surface area (Å²) in [6.07, 6.45) is 4.25. The summed E-state index contributed by atoms with van der Waals surface area (Å²) in [6, 6.07) is 5.10. The van der Waals surface area contributed by atoms with Crippen molar-refractivity contribution in [2.45, 2.75) is 38.2 Å². The van der Waals surface area contributed by atoms with E-state index in [9.17, 15) is 13.6 Å². The number of nitrogens with zero attached hydrogens (tertiary/aromatic N) is 4. The minimum absolute atomic E-state index is 0.103. The molecule has 1 aliphatic carbocycles. The number of carbonyl (C=O) groups is 1. The van der Waals surface area contributed by atoms with Gasteiger partial charge in [0.25, 0.3) is 5.91 Å². The van der Waals surface area contributed by atoms with Crippen molar-refractivity contribution >= 4 is 33.5 Å². The molecule has 0 atom stereocenters. The van der Waals surface area contributed by atoms with Crippen LogP contribution in [0.1, 0.15) is 43.7 Å². The smallest absolute Gasteiger partial charge is 0.251 e. The summed E-state index contributed by atoms with van der Waals surface area (Å²) in [6.45, 7) is 1.41. The fourth-order valence-corrected chi connectivity index (χ4v) is 3.38. The average molecular weight is 478 g/mol. The normalized spacial score (nSPS) is 15.2. The molecule has 2 aromatic heterocycles. The van der Waals surface area contributed by atoms with Gasteiger partial charge in [-0.15, -0.1) is 0 Å². The lowest BCUT2D eigenvalue weighted by molar-refractivity contribution is -0.144. The number of halogens is 3. The number of carbonyl (C=O) groups excluding carboxylic acids is 1. The van der Waals surface area contributed by atoms with Gasteiger partial charge in [0.15, 0.2) is 17.5 Å². The summed E-state index contributed by atoms with van der Waals surface area (Å²) in [5, 5.41) is 11.4. The third-order valence-electron chi connectivity index (χ3n) is 4.77. The molecular weight excluding hydrogens is 460 g/mol. The number of amides is 1. The number of nitrogens with one attached hydrogen (secondary N) is 1. The first-order valence-corrected chi connectivity index (χ1v) is 10.1. The van der Waals surface area contributed by atoms with Crippen LogP contribution in [0.15, 0.2) is 34.1 Å². The van der Waals surface area contributed by atoms with Crippen LogP contribution in [0.4, 0.5) is 14.6 Å². The molecule has 1 saturated carbocycles. The maximum atomic E-state index is 14.5. The fraction of sp³-hybridized carbons (Fsp3) is 0.350.